The van der Waals surface area contributed by atoms with E-state index in [0.29, 0.717) is 22.4 Å². The SMILES string of the molecule is CCCCC1C(=O)C=C2NC(S(=O)(=O)Cl)=c3ccccc3=C2C1=O. The molecule has 7 heteroatoms. The lowest BCUT2D eigenvalue weighted by molar-refractivity contribution is -0.127. The number of halogens is 1. The van der Waals surface area contributed by atoms with E-state index in [1.54, 1.807) is 24.3 Å². The summed E-state index contributed by atoms with van der Waals surface area (Å²) in [6.07, 6.45) is 3.48. The summed E-state index contributed by atoms with van der Waals surface area (Å²) in [5, 5.41) is 3.29. The molecule has 1 aliphatic carbocycles. The number of carbonyl (C=O) groups excluding carboxylic acids is 2. The van der Waals surface area contributed by atoms with Crippen LogP contribution >= 0.6 is 10.7 Å². The average Bonchev–Trinajstić information content (AvgIpc) is 2.52. The summed E-state index contributed by atoms with van der Waals surface area (Å²) < 4.78 is 23.7. The second-order valence-electron chi connectivity index (χ2n) is 5.83. The van der Waals surface area contributed by atoms with E-state index in [9.17, 15) is 18.0 Å². The molecule has 1 atom stereocenters. The van der Waals surface area contributed by atoms with E-state index >= 15 is 0 Å². The second kappa shape index (κ2) is 6.18. The topological polar surface area (TPSA) is 80.3 Å². The summed E-state index contributed by atoms with van der Waals surface area (Å²) in [4.78, 5) is 25.2. The first kappa shape index (κ1) is 16.9. The highest BCUT2D eigenvalue weighted by molar-refractivity contribution is 8.20. The molecule has 1 N–H and O–H groups in total. The number of nitrogens with one attached hydrogen (secondary N) is 1. The molecular formula is C17H16ClNO4S. The van der Waals surface area contributed by atoms with Gasteiger partial charge in [0.1, 0.15) is 0 Å². The number of benzene rings is 1. The molecule has 0 saturated heterocycles. The molecule has 0 fully saturated rings. The van der Waals surface area contributed by atoms with Crippen molar-refractivity contribution in [1.29, 1.82) is 0 Å². The Bertz CT molecular complexity index is 992. The van der Waals surface area contributed by atoms with Crippen LogP contribution in [0, 0.1) is 5.92 Å². The van der Waals surface area contributed by atoms with Gasteiger partial charge in [-0.1, -0.05) is 44.0 Å². The zero-order valence-corrected chi connectivity index (χ0v) is 14.6. The first-order valence-corrected chi connectivity index (χ1v) is 10.0. The van der Waals surface area contributed by atoms with E-state index in [0.717, 1.165) is 12.8 Å². The van der Waals surface area contributed by atoms with Crippen molar-refractivity contribution in [2.24, 2.45) is 5.92 Å². The predicted octanol–water partition coefficient (Wildman–Crippen LogP) is 0.917. The number of ketones is 2. The van der Waals surface area contributed by atoms with E-state index in [2.05, 4.69) is 5.32 Å². The zero-order chi connectivity index (χ0) is 17.5. The highest BCUT2D eigenvalue weighted by Crippen LogP contribution is 2.28. The van der Waals surface area contributed by atoms with Gasteiger partial charge >= 0.3 is 0 Å². The smallest absolute Gasteiger partial charge is 0.277 e. The van der Waals surface area contributed by atoms with Crippen molar-refractivity contribution in [2.75, 3.05) is 0 Å². The fraction of sp³-hybridized carbons (Fsp3) is 0.294. The molecule has 0 bridgehead atoms. The lowest BCUT2D eigenvalue weighted by Gasteiger charge is -2.26. The van der Waals surface area contributed by atoms with Crippen molar-refractivity contribution < 1.29 is 18.0 Å². The van der Waals surface area contributed by atoms with Crippen LogP contribution in [0.2, 0.25) is 0 Å². The van der Waals surface area contributed by atoms with Crippen molar-refractivity contribution in [2.45, 2.75) is 26.2 Å². The maximum absolute atomic E-state index is 12.9. The van der Waals surface area contributed by atoms with Crippen LogP contribution in [0.5, 0.6) is 0 Å². The Morgan fingerprint density at radius 3 is 2.46 bits per heavy atom. The molecule has 1 aromatic carbocycles. The molecule has 0 aromatic heterocycles. The molecule has 126 valence electrons. The van der Waals surface area contributed by atoms with Gasteiger partial charge in [-0.2, -0.15) is 0 Å². The number of hydrogen-bond donors (Lipinski definition) is 1. The first-order chi connectivity index (χ1) is 11.3. The highest BCUT2D eigenvalue weighted by Gasteiger charge is 2.37. The van der Waals surface area contributed by atoms with Gasteiger partial charge in [-0.25, -0.2) is 8.42 Å². The van der Waals surface area contributed by atoms with Gasteiger partial charge in [-0.15, -0.1) is 0 Å². The number of carbonyl (C=O) groups is 2. The molecule has 1 unspecified atom stereocenters. The monoisotopic (exact) mass is 365 g/mol. The molecule has 1 aliphatic heterocycles. The Kier molecular flexibility index (Phi) is 4.36. The van der Waals surface area contributed by atoms with Crippen LogP contribution in [0.25, 0.3) is 10.6 Å². The molecule has 5 nitrogen and oxygen atoms in total. The van der Waals surface area contributed by atoms with Crippen LogP contribution in [0.4, 0.5) is 0 Å². The summed E-state index contributed by atoms with van der Waals surface area (Å²) in [6, 6.07) is 6.65. The van der Waals surface area contributed by atoms with Crippen LogP contribution in [-0.2, 0) is 18.6 Å². The van der Waals surface area contributed by atoms with E-state index < -0.39 is 15.0 Å². The standard InChI is InChI=1S/C17H16ClNO4S/c1-2-3-6-12-14(20)9-13-15(16(12)21)10-7-4-5-8-11(10)17(19-13)24(18,22)23/h4-5,7-9,12,19H,2-3,6H2,1H3. The summed E-state index contributed by atoms with van der Waals surface area (Å²) in [5.74, 6) is -1.27. The largest absolute Gasteiger partial charge is 0.344 e. The number of Topliss-reactive ketones (excluding diaryl/α,β-unsaturated/α-hetero) is 1. The van der Waals surface area contributed by atoms with Crippen molar-refractivity contribution >= 4 is 41.9 Å². The number of allylic oxidation sites excluding steroid dienone is 2. The van der Waals surface area contributed by atoms with Gasteiger partial charge in [-0.3, -0.25) is 9.59 Å². The molecular weight excluding hydrogens is 350 g/mol. The van der Waals surface area contributed by atoms with Gasteiger partial charge in [0, 0.05) is 27.6 Å². The second-order valence-corrected chi connectivity index (χ2v) is 8.33. The molecule has 0 spiro atoms. The third-order valence-electron chi connectivity index (χ3n) is 4.24. The van der Waals surface area contributed by atoms with Crippen molar-refractivity contribution in [1.82, 2.24) is 5.32 Å². The average molecular weight is 366 g/mol. The summed E-state index contributed by atoms with van der Waals surface area (Å²) >= 11 is 0. The Labute approximate surface area is 144 Å². The fourth-order valence-electron chi connectivity index (χ4n) is 3.09. The van der Waals surface area contributed by atoms with E-state index in [1.807, 2.05) is 6.92 Å². The molecule has 2 aliphatic rings. The lowest BCUT2D eigenvalue weighted by Crippen LogP contribution is -2.46. The minimum Gasteiger partial charge on any atom is -0.344 e. The maximum Gasteiger partial charge on any atom is 0.277 e. The van der Waals surface area contributed by atoms with Crippen LogP contribution in [0.15, 0.2) is 36.0 Å². The predicted molar refractivity (Wildman–Crippen MR) is 91.5 cm³/mol. The quantitative estimate of drug-likeness (QED) is 0.634. The lowest BCUT2D eigenvalue weighted by atomic mass is 9.81. The number of hydrogen-bond acceptors (Lipinski definition) is 5. The van der Waals surface area contributed by atoms with Gasteiger partial charge in [0.15, 0.2) is 16.6 Å². The first-order valence-electron chi connectivity index (χ1n) is 7.70. The molecule has 1 heterocycles. The normalized spacial score (nSPS) is 20.2. The van der Waals surface area contributed by atoms with E-state index in [1.165, 1.54) is 6.08 Å². The Balaban J connectivity index is 2.32. The molecule has 24 heavy (non-hydrogen) atoms. The number of rotatable bonds is 4. The molecule has 0 radical (unpaired) electrons. The van der Waals surface area contributed by atoms with Crippen LogP contribution in [0.3, 0.4) is 0 Å². The minimum absolute atomic E-state index is 0.204. The minimum atomic E-state index is -4.05. The molecule has 1 aromatic rings. The molecule has 3 rings (SSSR count). The number of unbranched alkanes of at least 4 members (excludes halogenated alkanes) is 1. The molecule has 0 amide bonds. The fourth-order valence-corrected chi connectivity index (χ4v) is 4.13. The van der Waals surface area contributed by atoms with Gasteiger partial charge in [0.25, 0.3) is 9.05 Å². The van der Waals surface area contributed by atoms with Crippen molar-refractivity contribution in [3.63, 3.8) is 0 Å². The Morgan fingerprint density at radius 2 is 1.83 bits per heavy atom. The number of fused-ring (bicyclic) bond motifs is 2. The Hall–Kier alpha value is -1.92. The van der Waals surface area contributed by atoms with Crippen LogP contribution in [-0.4, -0.2) is 20.0 Å². The summed E-state index contributed by atoms with van der Waals surface area (Å²) in [7, 11) is 1.46. The third-order valence-corrected chi connectivity index (χ3v) is 5.51. The summed E-state index contributed by atoms with van der Waals surface area (Å²) in [6.45, 7) is 2.00. The Morgan fingerprint density at radius 1 is 1.17 bits per heavy atom. The maximum atomic E-state index is 12.9. The van der Waals surface area contributed by atoms with Gasteiger partial charge < -0.3 is 5.32 Å². The van der Waals surface area contributed by atoms with E-state index in [-0.39, 0.29) is 22.3 Å². The third kappa shape index (κ3) is 2.80. The molecule has 0 saturated carbocycles. The summed E-state index contributed by atoms with van der Waals surface area (Å²) in [5.41, 5.74) is 0.561. The van der Waals surface area contributed by atoms with Gasteiger partial charge in [-0.05, 0) is 11.6 Å². The van der Waals surface area contributed by atoms with E-state index in [4.69, 9.17) is 10.7 Å². The van der Waals surface area contributed by atoms with Crippen molar-refractivity contribution in [3.8, 4) is 0 Å². The zero-order valence-electron chi connectivity index (χ0n) is 13.0. The van der Waals surface area contributed by atoms with Crippen LogP contribution in [0.1, 0.15) is 26.2 Å². The van der Waals surface area contributed by atoms with Crippen molar-refractivity contribution in [3.05, 3.63) is 46.5 Å². The highest BCUT2D eigenvalue weighted by atomic mass is 35.7. The van der Waals surface area contributed by atoms with Crippen LogP contribution < -0.4 is 15.8 Å². The van der Waals surface area contributed by atoms with Gasteiger partial charge in [0.2, 0.25) is 0 Å². The van der Waals surface area contributed by atoms with Gasteiger partial charge in [0.05, 0.1) is 11.6 Å².